The van der Waals surface area contributed by atoms with Crippen molar-refractivity contribution in [3.63, 3.8) is 0 Å². The lowest BCUT2D eigenvalue weighted by Gasteiger charge is -2.30. The van der Waals surface area contributed by atoms with Gasteiger partial charge in [-0.05, 0) is 44.9 Å². The van der Waals surface area contributed by atoms with Crippen LogP contribution in [0, 0.1) is 6.92 Å². The number of hydrogen-bond acceptors (Lipinski definition) is 2. The molecule has 0 radical (unpaired) electrons. The monoisotopic (exact) mass is 240 g/mol. The Labute approximate surface area is 103 Å². The zero-order chi connectivity index (χ0) is 12.3. The number of nitrogen functional groups attached to an aromatic ring is 1. The van der Waals surface area contributed by atoms with Gasteiger partial charge in [0.2, 0.25) is 0 Å². The molecule has 0 aromatic heterocycles. The van der Waals surface area contributed by atoms with Crippen molar-refractivity contribution in [2.75, 3.05) is 17.2 Å². The predicted octanol–water partition coefficient (Wildman–Crippen LogP) is 3.86. The number of halogens is 1. The van der Waals surface area contributed by atoms with Gasteiger partial charge in [-0.2, -0.15) is 0 Å². The van der Waals surface area contributed by atoms with E-state index in [4.69, 9.17) is 17.3 Å². The maximum absolute atomic E-state index is 6.08. The molecule has 0 aliphatic heterocycles. The summed E-state index contributed by atoms with van der Waals surface area (Å²) >= 11 is 6.08. The highest BCUT2D eigenvalue weighted by Gasteiger charge is 2.13. The van der Waals surface area contributed by atoms with E-state index in [1.807, 2.05) is 12.1 Å². The van der Waals surface area contributed by atoms with Gasteiger partial charge in [0, 0.05) is 18.3 Å². The zero-order valence-corrected chi connectivity index (χ0v) is 11.3. The van der Waals surface area contributed by atoms with Crippen LogP contribution in [0.1, 0.15) is 32.8 Å². The molecule has 2 N–H and O–H groups in total. The van der Waals surface area contributed by atoms with Crippen LogP contribution in [0.2, 0.25) is 5.02 Å². The lowest BCUT2D eigenvalue weighted by atomic mass is 10.1. The molecule has 0 saturated heterocycles. The van der Waals surface area contributed by atoms with Crippen LogP contribution in [0.5, 0.6) is 0 Å². The first-order chi connectivity index (χ1) is 7.47. The molecular weight excluding hydrogens is 220 g/mol. The van der Waals surface area contributed by atoms with Crippen molar-refractivity contribution in [2.24, 2.45) is 0 Å². The number of anilines is 2. The number of rotatable bonds is 4. The Bertz CT molecular complexity index is 361. The Hall–Kier alpha value is -0.890. The van der Waals surface area contributed by atoms with Crippen molar-refractivity contribution in [3.05, 3.63) is 22.7 Å². The van der Waals surface area contributed by atoms with Crippen molar-refractivity contribution in [1.29, 1.82) is 0 Å². The molecule has 2 nitrogen and oxygen atoms in total. The third-order valence-electron chi connectivity index (χ3n) is 2.71. The fourth-order valence-electron chi connectivity index (χ4n) is 1.90. The van der Waals surface area contributed by atoms with Gasteiger partial charge in [0.25, 0.3) is 0 Å². The van der Waals surface area contributed by atoms with Gasteiger partial charge in [0.1, 0.15) is 0 Å². The number of nitrogens with zero attached hydrogens (tertiary/aromatic N) is 1. The fraction of sp³-hybridized carbons (Fsp3) is 0.538. The topological polar surface area (TPSA) is 29.3 Å². The molecule has 0 bridgehead atoms. The minimum absolute atomic E-state index is 0.471. The van der Waals surface area contributed by atoms with E-state index >= 15 is 0 Å². The molecule has 0 heterocycles. The van der Waals surface area contributed by atoms with Crippen LogP contribution in [0.15, 0.2) is 12.1 Å². The van der Waals surface area contributed by atoms with Crippen LogP contribution in [-0.4, -0.2) is 12.6 Å². The maximum Gasteiger partial charge on any atom is 0.0656 e. The minimum Gasteiger partial charge on any atom is -0.398 e. The van der Waals surface area contributed by atoms with E-state index in [2.05, 4.69) is 32.6 Å². The van der Waals surface area contributed by atoms with Crippen LogP contribution >= 0.6 is 11.6 Å². The first-order valence-corrected chi connectivity index (χ1v) is 6.17. The van der Waals surface area contributed by atoms with Crippen LogP contribution in [0.4, 0.5) is 11.4 Å². The highest BCUT2D eigenvalue weighted by molar-refractivity contribution is 6.33. The van der Waals surface area contributed by atoms with E-state index < -0.39 is 0 Å². The Kier molecular flexibility index (Phi) is 4.48. The summed E-state index contributed by atoms with van der Waals surface area (Å²) in [5, 5.41) is 0.641. The highest BCUT2D eigenvalue weighted by Crippen LogP contribution is 2.30. The summed E-state index contributed by atoms with van der Waals surface area (Å²) in [4.78, 5) is 2.36. The van der Waals surface area contributed by atoms with E-state index in [1.165, 1.54) is 11.3 Å². The molecule has 3 heteroatoms. The Morgan fingerprint density at radius 3 is 2.50 bits per heavy atom. The first kappa shape index (κ1) is 13.2. The Balaban J connectivity index is 3.13. The van der Waals surface area contributed by atoms with Crippen molar-refractivity contribution in [3.8, 4) is 0 Å². The molecule has 0 spiro atoms. The van der Waals surface area contributed by atoms with Crippen LogP contribution < -0.4 is 10.6 Å². The minimum atomic E-state index is 0.471. The molecule has 0 fully saturated rings. The van der Waals surface area contributed by atoms with E-state index in [9.17, 15) is 0 Å². The molecule has 0 saturated carbocycles. The predicted molar refractivity (Wildman–Crippen MR) is 73.4 cm³/mol. The van der Waals surface area contributed by atoms with Gasteiger partial charge in [-0.25, -0.2) is 0 Å². The van der Waals surface area contributed by atoms with Crippen LogP contribution in [-0.2, 0) is 0 Å². The second kappa shape index (κ2) is 5.44. The molecule has 1 aromatic rings. The van der Waals surface area contributed by atoms with E-state index in [1.54, 1.807) is 0 Å². The van der Waals surface area contributed by atoms with Crippen LogP contribution in [0.3, 0.4) is 0 Å². The van der Waals surface area contributed by atoms with E-state index in [0.29, 0.717) is 16.8 Å². The van der Waals surface area contributed by atoms with Crippen molar-refractivity contribution in [1.82, 2.24) is 0 Å². The molecule has 1 rings (SSSR count). The number of benzene rings is 1. The summed E-state index contributed by atoms with van der Waals surface area (Å²) in [6, 6.07) is 4.39. The van der Waals surface area contributed by atoms with Crippen molar-refractivity contribution in [2.45, 2.75) is 40.2 Å². The summed E-state index contributed by atoms with van der Waals surface area (Å²) in [6.45, 7) is 9.69. The Morgan fingerprint density at radius 1 is 1.38 bits per heavy atom. The second-order valence-electron chi connectivity index (χ2n) is 4.45. The van der Waals surface area contributed by atoms with Gasteiger partial charge in [-0.3, -0.25) is 0 Å². The smallest absolute Gasteiger partial charge is 0.0656 e. The first-order valence-electron chi connectivity index (χ1n) is 5.79. The van der Waals surface area contributed by atoms with Gasteiger partial charge in [0.15, 0.2) is 0 Å². The van der Waals surface area contributed by atoms with Crippen molar-refractivity contribution < 1.29 is 0 Å². The van der Waals surface area contributed by atoms with Gasteiger partial charge in [-0.15, -0.1) is 0 Å². The summed E-state index contributed by atoms with van der Waals surface area (Å²) in [5.41, 5.74) is 8.82. The van der Waals surface area contributed by atoms with Gasteiger partial charge < -0.3 is 10.6 Å². The second-order valence-corrected chi connectivity index (χ2v) is 4.85. The molecule has 0 amide bonds. The van der Waals surface area contributed by atoms with Crippen molar-refractivity contribution >= 4 is 23.0 Å². The van der Waals surface area contributed by atoms with E-state index in [0.717, 1.165) is 13.0 Å². The summed E-state index contributed by atoms with van der Waals surface area (Å²) < 4.78 is 0. The summed E-state index contributed by atoms with van der Waals surface area (Å²) in [5.74, 6) is 0. The van der Waals surface area contributed by atoms with Gasteiger partial charge in [-0.1, -0.05) is 18.5 Å². The van der Waals surface area contributed by atoms with E-state index in [-0.39, 0.29) is 0 Å². The van der Waals surface area contributed by atoms with Crippen LogP contribution in [0.25, 0.3) is 0 Å². The summed E-state index contributed by atoms with van der Waals surface area (Å²) in [7, 11) is 0. The number of nitrogens with two attached hydrogens (primary N) is 1. The molecule has 0 atom stereocenters. The Morgan fingerprint density at radius 2 is 2.00 bits per heavy atom. The lowest BCUT2D eigenvalue weighted by Crippen LogP contribution is -2.32. The normalized spacial score (nSPS) is 10.9. The molecule has 0 unspecified atom stereocenters. The standard InChI is InChI=1S/C13H21ClN2/c1-5-6-16(9(2)3)13-8-11(14)12(15)7-10(13)4/h7-9H,5-6,15H2,1-4H3. The summed E-state index contributed by atoms with van der Waals surface area (Å²) in [6.07, 6.45) is 1.12. The van der Waals surface area contributed by atoms with Gasteiger partial charge in [0.05, 0.1) is 10.7 Å². The zero-order valence-electron chi connectivity index (χ0n) is 10.5. The number of aryl methyl sites for hydroxylation is 1. The maximum atomic E-state index is 6.08. The molecule has 1 aromatic carbocycles. The SMILES string of the molecule is CCCN(c1cc(Cl)c(N)cc1C)C(C)C. The fourth-order valence-corrected chi connectivity index (χ4v) is 2.06. The molecule has 90 valence electrons. The average Bonchev–Trinajstić information content (AvgIpc) is 2.20. The average molecular weight is 241 g/mol. The highest BCUT2D eigenvalue weighted by atomic mass is 35.5. The lowest BCUT2D eigenvalue weighted by molar-refractivity contribution is 0.669. The molecule has 16 heavy (non-hydrogen) atoms. The molecular formula is C13H21ClN2. The van der Waals surface area contributed by atoms with Gasteiger partial charge >= 0.3 is 0 Å². The molecule has 0 aliphatic carbocycles. The number of hydrogen-bond donors (Lipinski definition) is 1. The molecule has 0 aliphatic rings. The third kappa shape index (κ3) is 2.82. The quantitative estimate of drug-likeness (QED) is 0.810. The third-order valence-corrected chi connectivity index (χ3v) is 3.04. The largest absolute Gasteiger partial charge is 0.398 e.